The fraction of sp³-hybridized carbons (Fsp3) is 0.538. The number of nitrogens with one attached hydrogen (secondary N) is 1. The van der Waals surface area contributed by atoms with Crippen molar-refractivity contribution in [2.45, 2.75) is 19.8 Å². The molecule has 0 aliphatic heterocycles. The van der Waals surface area contributed by atoms with Gasteiger partial charge < -0.3 is 15.3 Å². The maximum Gasteiger partial charge on any atom is 0.261 e. The van der Waals surface area contributed by atoms with Gasteiger partial charge in [-0.15, -0.1) is 11.3 Å². The molecule has 0 radical (unpaired) electrons. The number of aliphatic hydroxyl groups is 1. The monoisotopic (exact) mass is 284 g/mol. The number of hydrogen-bond donors (Lipinski definition) is 2. The predicted molar refractivity (Wildman–Crippen MR) is 75.2 cm³/mol. The Labute approximate surface area is 117 Å². The standard InChI is InChI=1S/C13H20N2O3S/c1-2-15(8-4-9-16)12(17)6-7-14-13(18)11-5-3-10-19-11/h3,5,10,16H,2,4,6-9H2,1H3,(H,14,18). The first-order chi connectivity index (χ1) is 9.19. The SMILES string of the molecule is CCN(CCCO)C(=O)CCNC(=O)c1cccs1. The van der Waals surface area contributed by atoms with Crippen molar-refractivity contribution in [2.75, 3.05) is 26.2 Å². The van der Waals surface area contributed by atoms with Crippen molar-refractivity contribution in [1.82, 2.24) is 10.2 Å². The van der Waals surface area contributed by atoms with Crippen molar-refractivity contribution in [3.05, 3.63) is 22.4 Å². The summed E-state index contributed by atoms with van der Waals surface area (Å²) in [4.78, 5) is 25.8. The van der Waals surface area contributed by atoms with Crippen LogP contribution in [0.5, 0.6) is 0 Å². The Bertz CT molecular complexity index is 393. The number of amides is 2. The van der Waals surface area contributed by atoms with Crippen LogP contribution >= 0.6 is 11.3 Å². The van der Waals surface area contributed by atoms with E-state index in [4.69, 9.17) is 5.11 Å². The lowest BCUT2D eigenvalue weighted by atomic mass is 10.3. The molecule has 0 saturated carbocycles. The highest BCUT2D eigenvalue weighted by atomic mass is 32.1. The topological polar surface area (TPSA) is 69.6 Å². The third-order valence-electron chi connectivity index (χ3n) is 2.69. The van der Waals surface area contributed by atoms with Gasteiger partial charge in [0.05, 0.1) is 4.88 Å². The molecular formula is C13H20N2O3S. The van der Waals surface area contributed by atoms with Crippen LogP contribution in [0, 0.1) is 0 Å². The number of aliphatic hydroxyl groups excluding tert-OH is 1. The fourth-order valence-corrected chi connectivity index (χ4v) is 2.30. The smallest absolute Gasteiger partial charge is 0.261 e. The minimum absolute atomic E-state index is 0.00225. The minimum Gasteiger partial charge on any atom is -0.396 e. The van der Waals surface area contributed by atoms with Crippen molar-refractivity contribution >= 4 is 23.2 Å². The molecule has 0 aliphatic rings. The van der Waals surface area contributed by atoms with Crippen LogP contribution in [0.1, 0.15) is 29.4 Å². The third-order valence-corrected chi connectivity index (χ3v) is 3.56. The van der Waals surface area contributed by atoms with Gasteiger partial charge in [0.15, 0.2) is 0 Å². The van der Waals surface area contributed by atoms with E-state index in [0.29, 0.717) is 30.9 Å². The largest absolute Gasteiger partial charge is 0.396 e. The number of thiophene rings is 1. The molecule has 6 heteroatoms. The number of carbonyl (C=O) groups is 2. The fourth-order valence-electron chi connectivity index (χ4n) is 1.66. The molecule has 1 aromatic heterocycles. The summed E-state index contributed by atoms with van der Waals surface area (Å²) in [6.07, 6.45) is 0.873. The highest BCUT2D eigenvalue weighted by Gasteiger charge is 2.12. The van der Waals surface area contributed by atoms with Crippen LogP contribution in [0.2, 0.25) is 0 Å². The van der Waals surface area contributed by atoms with E-state index in [2.05, 4.69) is 5.32 Å². The summed E-state index contributed by atoms with van der Waals surface area (Å²) in [7, 11) is 0. The van der Waals surface area contributed by atoms with Crippen LogP contribution in [0.25, 0.3) is 0 Å². The van der Waals surface area contributed by atoms with E-state index < -0.39 is 0 Å². The Morgan fingerprint density at radius 2 is 2.26 bits per heavy atom. The van der Waals surface area contributed by atoms with Gasteiger partial charge in [-0.05, 0) is 24.8 Å². The molecule has 0 atom stereocenters. The summed E-state index contributed by atoms with van der Waals surface area (Å²) in [5.74, 6) is -0.136. The van der Waals surface area contributed by atoms with Gasteiger partial charge in [-0.1, -0.05) is 6.07 Å². The van der Waals surface area contributed by atoms with Crippen LogP contribution in [0.4, 0.5) is 0 Å². The second kappa shape index (κ2) is 8.66. The van der Waals surface area contributed by atoms with E-state index in [1.54, 1.807) is 11.0 Å². The average Bonchev–Trinajstić information content (AvgIpc) is 2.93. The molecule has 0 aromatic carbocycles. The summed E-state index contributed by atoms with van der Waals surface area (Å²) in [6, 6.07) is 3.57. The normalized spacial score (nSPS) is 10.2. The summed E-state index contributed by atoms with van der Waals surface area (Å²) in [5, 5.41) is 13.3. The second-order valence-electron chi connectivity index (χ2n) is 4.03. The van der Waals surface area contributed by atoms with Crippen LogP contribution < -0.4 is 5.32 Å². The second-order valence-corrected chi connectivity index (χ2v) is 4.98. The molecule has 5 nitrogen and oxygen atoms in total. The van der Waals surface area contributed by atoms with Crippen LogP contribution in [0.3, 0.4) is 0 Å². The molecule has 0 aliphatic carbocycles. The number of rotatable bonds is 8. The molecule has 1 heterocycles. The van der Waals surface area contributed by atoms with Gasteiger partial charge in [0.1, 0.15) is 0 Å². The summed E-state index contributed by atoms with van der Waals surface area (Å²) < 4.78 is 0. The van der Waals surface area contributed by atoms with Crippen LogP contribution in [-0.2, 0) is 4.79 Å². The van der Waals surface area contributed by atoms with Gasteiger partial charge in [-0.2, -0.15) is 0 Å². The first-order valence-electron chi connectivity index (χ1n) is 6.39. The predicted octanol–water partition coefficient (Wildman–Crippen LogP) is 1.10. The molecule has 19 heavy (non-hydrogen) atoms. The van der Waals surface area contributed by atoms with Crippen molar-refractivity contribution < 1.29 is 14.7 Å². The van der Waals surface area contributed by atoms with E-state index >= 15 is 0 Å². The number of carbonyl (C=O) groups excluding carboxylic acids is 2. The highest BCUT2D eigenvalue weighted by Crippen LogP contribution is 2.07. The first-order valence-corrected chi connectivity index (χ1v) is 7.27. The quantitative estimate of drug-likeness (QED) is 0.751. The van der Waals surface area contributed by atoms with Gasteiger partial charge in [0.25, 0.3) is 5.91 Å². The first kappa shape index (κ1) is 15.7. The maximum atomic E-state index is 11.8. The summed E-state index contributed by atoms with van der Waals surface area (Å²) >= 11 is 1.38. The molecule has 0 fully saturated rings. The van der Waals surface area contributed by atoms with E-state index in [1.165, 1.54) is 11.3 Å². The van der Waals surface area contributed by atoms with Gasteiger partial charge in [-0.3, -0.25) is 9.59 Å². The molecule has 1 aromatic rings. The van der Waals surface area contributed by atoms with Crippen LogP contribution in [-0.4, -0.2) is 48.1 Å². The van der Waals surface area contributed by atoms with Gasteiger partial charge in [-0.25, -0.2) is 0 Å². The zero-order chi connectivity index (χ0) is 14.1. The van der Waals surface area contributed by atoms with Gasteiger partial charge >= 0.3 is 0 Å². The molecule has 2 amide bonds. The van der Waals surface area contributed by atoms with E-state index in [1.807, 2.05) is 18.4 Å². The molecule has 2 N–H and O–H groups in total. The lowest BCUT2D eigenvalue weighted by Crippen LogP contribution is -2.35. The minimum atomic E-state index is -0.138. The zero-order valence-corrected chi connectivity index (χ0v) is 11.9. The van der Waals surface area contributed by atoms with Crippen molar-refractivity contribution in [3.8, 4) is 0 Å². The Balaban J connectivity index is 2.27. The molecular weight excluding hydrogens is 264 g/mol. The van der Waals surface area contributed by atoms with Gasteiger partial charge in [0, 0.05) is 32.7 Å². The van der Waals surface area contributed by atoms with Crippen LogP contribution in [0.15, 0.2) is 17.5 Å². The molecule has 106 valence electrons. The third kappa shape index (κ3) is 5.40. The average molecular weight is 284 g/mol. The summed E-state index contributed by atoms with van der Waals surface area (Å²) in [5.41, 5.74) is 0. The molecule has 1 rings (SSSR count). The highest BCUT2D eigenvalue weighted by molar-refractivity contribution is 7.12. The zero-order valence-electron chi connectivity index (χ0n) is 11.1. The molecule has 0 unspecified atom stereocenters. The molecule has 0 saturated heterocycles. The van der Waals surface area contributed by atoms with E-state index in [-0.39, 0.29) is 24.8 Å². The Hall–Kier alpha value is -1.40. The van der Waals surface area contributed by atoms with Gasteiger partial charge in [0.2, 0.25) is 5.91 Å². The number of hydrogen-bond acceptors (Lipinski definition) is 4. The Morgan fingerprint density at radius 3 is 2.84 bits per heavy atom. The maximum absolute atomic E-state index is 11.8. The lowest BCUT2D eigenvalue weighted by Gasteiger charge is -2.20. The van der Waals surface area contributed by atoms with E-state index in [9.17, 15) is 9.59 Å². The van der Waals surface area contributed by atoms with Crippen molar-refractivity contribution in [1.29, 1.82) is 0 Å². The summed E-state index contributed by atoms with van der Waals surface area (Å²) in [6.45, 7) is 3.51. The van der Waals surface area contributed by atoms with Crippen molar-refractivity contribution in [2.24, 2.45) is 0 Å². The Kier molecular flexibility index (Phi) is 7.14. The van der Waals surface area contributed by atoms with E-state index in [0.717, 1.165) is 0 Å². The number of nitrogens with zero attached hydrogens (tertiary/aromatic N) is 1. The molecule has 0 spiro atoms. The lowest BCUT2D eigenvalue weighted by molar-refractivity contribution is -0.131. The molecule has 0 bridgehead atoms. The van der Waals surface area contributed by atoms with Crippen molar-refractivity contribution in [3.63, 3.8) is 0 Å². The Morgan fingerprint density at radius 1 is 1.47 bits per heavy atom.